The van der Waals surface area contributed by atoms with Gasteiger partial charge in [0, 0.05) is 11.8 Å². The first-order valence-corrected chi connectivity index (χ1v) is 12.9. The van der Waals surface area contributed by atoms with Gasteiger partial charge in [0.2, 0.25) is 0 Å². The Kier molecular flexibility index (Phi) is 3.72. The standard InChI is InChI=1S/C27H42O2/c1-7-27(20-9-15-8-17-12-21(27)26(17,20)13-15)29-24(28)19-11-16-10-18(19)22(14(2)3)23(16)25(4,5)6/h14-23H,7-13H2,1-6H3. The molecule has 2 heteroatoms. The second-order valence-corrected chi connectivity index (χ2v) is 13.6. The number of carbonyl (C=O) groups excluding carboxylic acids is 1. The van der Waals surface area contributed by atoms with Crippen LogP contribution in [0.25, 0.3) is 0 Å². The molecule has 29 heavy (non-hydrogen) atoms. The number of hydrogen-bond donors (Lipinski definition) is 0. The van der Waals surface area contributed by atoms with Crippen LogP contribution in [0.15, 0.2) is 0 Å². The molecule has 0 amide bonds. The molecule has 1 spiro atoms. The van der Waals surface area contributed by atoms with Crippen LogP contribution in [0.1, 0.15) is 86.5 Å². The van der Waals surface area contributed by atoms with Crippen molar-refractivity contribution < 1.29 is 9.53 Å². The van der Waals surface area contributed by atoms with E-state index < -0.39 is 0 Å². The quantitative estimate of drug-likeness (QED) is 0.517. The number of ether oxygens (including phenoxy) is 1. The highest BCUT2D eigenvalue weighted by Crippen LogP contribution is 2.85. The van der Waals surface area contributed by atoms with E-state index in [4.69, 9.17) is 4.74 Å². The second-order valence-electron chi connectivity index (χ2n) is 13.6. The van der Waals surface area contributed by atoms with E-state index in [0.717, 1.165) is 36.5 Å². The smallest absolute Gasteiger partial charge is 0.309 e. The van der Waals surface area contributed by atoms with Crippen molar-refractivity contribution in [3.05, 3.63) is 0 Å². The van der Waals surface area contributed by atoms with Crippen molar-refractivity contribution in [2.75, 3.05) is 0 Å². The van der Waals surface area contributed by atoms with Crippen molar-refractivity contribution in [2.45, 2.75) is 92.1 Å². The van der Waals surface area contributed by atoms with E-state index in [9.17, 15) is 4.79 Å². The molecular weight excluding hydrogens is 356 g/mol. The molecule has 0 saturated heterocycles. The number of fused-ring (bicyclic) bond motifs is 3. The number of carbonyl (C=O) groups is 1. The van der Waals surface area contributed by atoms with Crippen molar-refractivity contribution in [3.8, 4) is 0 Å². The fourth-order valence-corrected chi connectivity index (χ4v) is 11.2. The van der Waals surface area contributed by atoms with Crippen LogP contribution in [-0.4, -0.2) is 11.6 Å². The third-order valence-corrected chi connectivity index (χ3v) is 11.6. The predicted octanol–water partition coefficient (Wildman–Crippen LogP) is 6.33. The first kappa shape index (κ1) is 19.2. The summed E-state index contributed by atoms with van der Waals surface area (Å²) in [5.41, 5.74) is 0.882. The highest BCUT2D eigenvalue weighted by Gasteiger charge is 2.84. The Balaban J connectivity index is 1.22. The molecule has 0 aromatic heterocycles. The van der Waals surface area contributed by atoms with E-state index in [-0.39, 0.29) is 17.5 Å². The fraction of sp³-hybridized carbons (Fsp3) is 0.963. The molecule has 0 aromatic rings. The van der Waals surface area contributed by atoms with Crippen molar-refractivity contribution in [1.82, 2.24) is 0 Å². The summed E-state index contributed by atoms with van der Waals surface area (Å²) < 4.78 is 6.68. The Morgan fingerprint density at radius 3 is 2.41 bits per heavy atom. The van der Waals surface area contributed by atoms with Gasteiger partial charge in [-0.1, -0.05) is 41.5 Å². The molecule has 11 atom stereocenters. The van der Waals surface area contributed by atoms with Gasteiger partial charge in [0.1, 0.15) is 5.60 Å². The highest BCUT2D eigenvalue weighted by atomic mass is 16.6. The first-order chi connectivity index (χ1) is 13.6. The van der Waals surface area contributed by atoms with Crippen LogP contribution < -0.4 is 0 Å². The summed E-state index contributed by atoms with van der Waals surface area (Å²) in [5.74, 6) is 7.13. The number of rotatable bonds is 4. The minimum atomic E-state index is -0.0820. The largest absolute Gasteiger partial charge is 0.458 e. The molecule has 0 aliphatic heterocycles. The topological polar surface area (TPSA) is 26.3 Å². The number of hydrogen-bond acceptors (Lipinski definition) is 2. The predicted molar refractivity (Wildman–Crippen MR) is 115 cm³/mol. The van der Waals surface area contributed by atoms with Gasteiger partial charge in [0.05, 0.1) is 5.92 Å². The zero-order valence-electron chi connectivity index (χ0n) is 19.5. The van der Waals surface area contributed by atoms with E-state index in [1.54, 1.807) is 0 Å². The summed E-state index contributed by atoms with van der Waals surface area (Å²) in [6, 6.07) is 0. The molecule has 0 N–H and O–H groups in total. The van der Waals surface area contributed by atoms with E-state index in [0.29, 0.717) is 40.4 Å². The molecule has 0 heterocycles. The first-order valence-electron chi connectivity index (χ1n) is 12.9. The minimum Gasteiger partial charge on any atom is -0.458 e. The van der Waals surface area contributed by atoms with E-state index in [1.165, 1.54) is 32.1 Å². The summed E-state index contributed by atoms with van der Waals surface area (Å²) in [7, 11) is 0. The van der Waals surface area contributed by atoms with Gasteiger partial charge in [-0.05, 0) is 97.2 Å². The van der Waals surface area contributed by atoms with Crippen LogP contribution in [0, 0.1) is 70.0 Å². The van der Waals surface area contributed by atoms with Gasteiger partial charge in [-0.3, -0.25) is 4.79 Å². The lowest BCUT2D eigenvalue weighted by atomic mass is 9.31. The average molecular weight is 399 g/mol. The van der Waals surface area contributed by atoms with Gasteiger partial charge >= 0.3 is 5.97 Å². The van der Waals surface area contributed by atoms with Gasteiger partial charge in [0.15, 0.2) is 0 Å². The van der Waals surface area contributed by atoms with Crippen molar-refractivity contribution in [1.29, 1.82) is 0 Å². The van der Waals surface area contributed by atoms with E-state index >= 15 is 0 Å². The van der Waals surface area contributed by atoms with E-state index in [2.05, 4.69) is 41.5 Å². The maximum Gasteiger partial charge on any atom is 0.309 e. The summed E-state index contributed by atoms with van der Waals surface area (Å²) in [5, 5.41) is 0. The van der Waals surface area contributed by atoms with Crippen molar-refractivity contribution in [2.24, 2.45) is 70.0 Å². The van der Waals surface area contributed by atoms with Gasteiger partial charge in [0.25, 0.3) is 0 Å². The highest BCUT2D eigenvalue weighted by molar-refractivity contribution is 5.74. The maximum absolute atomic E-state index is 13.7. The molecule has 11 unspecified atom stereocenters. The summed E-state index contributed by atoms with van der Waals surface area (Å²) in [6.07, 6.45) is 9.07. The molecule has 6 fully saturated rings. The molecule has 4 bridgehead atoms. The van der Waals surface area contributed by atoms with Crippen LogP contribution in [-0.2, 0) is 9.53 Å². The zero-order valence-corrected chi connectivity index (χ0v) is 19.5. The molecule has 6 aliphatic rings. The Hall–Kier alpha value is -0.530. The SMILES string of the molecule is CCC1(OC(=O)C2CC3CC2C(C(C)C)C3C(C)(C)C)C2CC3CC4CC1C42C3. The molecule has 0 aromatic carbocycles. The zero-order chi connectivity index (χ0) is 20.5. The average Bonchev–Trinajstić information content (AvgIpc) is 3.36. The minimum absolute atomic E-state index is 0.0820. The molecule has 6 rings (SSSR count). The lowest BCUT2D eigenvalue weighted by Crippen LogP contribution is -2.77. The van der Waals surface area contributed by atoms with Crippen LogP contribution in [0.2, 0.25) is 0 Å². The Morgan fingerprint density at radius 2 is 1.79 bits per heavy atom. The Bertz CT molecular complexity index is 733. The normalized spacial score (nSPS) is 56.3. The molecule has 6 aliphatic carbocycles. The molecular formula is C27H42O2. The van der Waals surface area contributed by atoms with E-state index in [1.807, 2.05) is 0 Å². The van der Waals surface area contributed by atoms with Crippen LogP contribution in [0.3, 0.4) is 0 Å². The molecule has 2 nitrogen and oxygen atoms in total. The maximum atomic E-state index is 13.7. The van der Waals surface area contributed by atoms with Gasteiger partial charge in [-0.2, -0.15) is 0 Å². The van der Waals surface area contributed by atoms with Crippen LogP contribution in [0.4, 0.5) is 0 Å². The van der Waals surface area contributed by atoms with Crippen LogP contribution >= 0.6 is 0 Å². The molecule has 6 saturated carbocycles. The van der Waals surface area contributed by atoms with Gasteiger partial charge in [-0.25, -0.2) is 0 Å². The Morgan fingerprint density at radius 1 is 1.07 bits per heavy atom. The van der Waals surface area contributed by atoms with Gasteiger partial charge < -0.3 is 4.74 Å². The monoisotopic (exact) mass is 398 g/mol. The molecule has 162 valence electrons. The second kappa shape index (κ2) is 5.63. The summed E-state index contributed by atoms with van der Waals surface area (Å²) in [4.78, 5) is 13.7. The Labute approximate surface area is 177 Å². The number of esters is 1. The lowest BCUT2D eigenvalue weighted by Gasteiger charge is -2.75. The summed E-state index contributed by atoms with van der Waals surface area (Å²) in [6.45, 7) is 14.3. The molecule has 0 radical (unpaired) electrons. The fourth-order valence-electron chi connectivity index (χ4n) is 11.2. The summed E-state index contributed by atoms with van der Waals surface area (Å²) >= 11 is 0. The van der Waals surface area contributed by atoms with Gasteiger partial charge in [-0.15, -0.1) is 0 Å². The van der Waals surface area contributed by atoms with Crippen molar-refractivity contribution >= 4 is 5.97 Å². The van der Waals surface area contributed by atoms with Crippen LogP contribution in [0.5, 0.6) is 0 Å². The van der Waals surface area contributed by atoms with Crippen molar-refractivity contribution in [3.63, 3.8) is 0 Å². The lowest BCUT2D eigenvalue weighted by molar-refractivity contribution is -0.329. The third-order valence-electron chi connectivity index (χ3n) is 11.6. The third kappa shape index (κ3) is 2.08.